The van der Waals surface area contributed by atoms with Crippen molar-refractivity contribution in [2.24, 2.45) is 9.98 Å². The van der Waals surface area contributed by atoms with Crippen LogP contribution in [0.15, 0.2) is 131 Å². The molecule has 5 nitrogen and oxygen atoms in total. The smallest absolute Gasteiger partial charge is 0.124 e. The molecule has 184 valence electrons. The van der Waals surface area contributed by atoms with Crippen molar-refractivity contribution in [2.75, 3.05) is 13.2 Å². The molecule has 4 aromatic carbocycles. The van der Waals surface area contributed by atoms with Crippen LogP contribution in [-0.2, 0) is 4.74 Å². The van der Waals surface area contributed by atoms with Crippen LogP contribution >= 0.6 is 0 Å². The topological polar surface area (TPSA) is 58.0 Å². The van der Waals surface area contributed by atoms with Crippen molar-refractivity contribution in [1.82, 2.24) is 10.6 Å². The molecule has 0 amide bonds. The van der Waals surface area contributed by atoms with Crippen molar-refractivity contribution < 1.29 is 4.74 Å². The van der Waals surface area contributed by atoms with E-state index < -0.39 is 0 Å². The van der Waals surface area contributed by atoms with E-state index in [1.807, 2.05) is 24.3 Å². The minimum atomic E-state index is 0.00840. The van der Waals surface area contributed by atoms with Gasteiger partial charge in [-0.05, 0) is 22.3 Å². The van der Waals surface area contributed by atoms with Gasteiger partial charge in [-0.2, -0.15) is 0 Å². The second-order valence-corrected chi connectivity index (χ2v) is 9.42. The maximum atomic E-state index is 6.15. The van der Waals surface area contributed by atoms with Gasteiger partial charge in [0.05, 0.1) is 12.1 Å². The summed E-state index contributed by atoms with van der Waals surface area (Å²) in [5.41, 5.74) is 4.82. The molecule has 0 bridgehead atoms. The van der Waals surface area contributed by atoms with Gasteiger partial charge in [-0.3, -0.25) is 9.98 Å². The molecule has 0 fully saturated rings. The number of benzene rings is 4. The summed E-state index contributed by atoms with van der Waals surface area (Å²) in [7, 11) is 0. The van der Waals surface area contributed by atoms with E-state index in [4.69, 9.17) is 14.7 Å². The molecule has 0 aromatic heterocycles. The number of hydrogen-bond donors (Lipinski definition) is 2. The zero-order valence-corrected chi connectivity index (χ0v) is 20.6. The highest BCUT2D eigenvalue weighted by Crippen LogP contribution is 2.37. The summed E-state index contributed by atoms with van der Waals surface area (Å²) in [6, 6.07) is 42.1. The lowest BCUT2D eigenvalue weighted by Crippen LogP contribution is -2.31. The zero-order chi connectivity index (χ0) is 24.9. The van der Waals surface area contributed by atoms with Crippen molar-refractivity contribution in [1.29, 1.82) is 0 Å². The summed E-state index contributed by atoms with van der Waals surface area (Å²) >= 11 is 0. The molecule has 2 aliphatic heterocycles. The number of amidine groups is 2. The lowest BCUT2D eigenvalue weighted by Gasteiger charge is -2.20. The van der Waals surface area contributed by atoms with Gasteiger partial charge in [0.25, 0.3) is 0 Å². The van der Waals surface area contributed by atoms with Crippen LogP contribution in [0.1, 0.15) is 46.4 Å². The largest absolute Gasteiger partial charge is 0.366 e. The molecule has 4 atom stereocenters. The Labute approximate surface area is 218 Å². The summed E-state index contributed by atoms with van der Waals surface area (Å²) in [5.74, 6) is 1.72. The van der Waals surface area contributed by atoms with Crippen LogP contribution in [0.3, 0.4) is 0 Å². The Hall–Kier alpha value is -4.22. The van der Waals surface area contributed by atoms with Crippen LogP contribution in [0.4, 0.5) is 0 Å². The highest BCUT2D eigenvalue weighted by Gasteiger charge is 2.33. The molecular weight excluding hydrogens is 456 g/mol. The van der Waals surface area contributed by atoms with E-state index in [1.54, 1.807) is 0 Å². The fraction of sp³-hybridized carbons (Fsp3) is 0.188. The highest BCUT2D eigenvalue weighted by molar-refractivity contribution is 5.88. The summed E-state index contributed by atoms with van der Waals surface area (Å²) in [6.45, 7) is 0.804. The predicted octanol–water partition coefficient (Wildman–Crippen LogP) is 5.97. The predicted molar refractivity (Wildman–Crippen MR) is 149 cm³/mol. The monoisotopic (exact) mass is 486 g/mol. The van der Waals surface area contributed by atoms with E-state index in [9.17, 15) is 0 Å². The molecule has 4 unspecified atom stereocenters. The molecule has 2 aliphatic rings. The normalized spacial score (nSPS) is 22.6. The first-order chi connectivity index (χ1) is 18.3. The Kier molecular flexibility index (Phi) is 6.78. The van der Waals surface area contributed by atoms with Crippen LogP contribution in [0.5, 0.6) is 0 Å². The molecule has 0 aliphatic carbocycles. The number of hydrogen-bond acceptors (Lipinski definition) is 5. The van der Waals surface area contributed by atoms with Crippen LogP contribution in [0.25, 0.3) is 0 Å². The first kappa shape index (κ1) is 23.2. The van der Waals surface area contributed by atoms with Gasteiger partial charge in [-0.15, -0.1) is 0 Å². The number of aliphatic imine (C=N–C) groups is 2. The molecule has 5 heteroatoms. The van der Waals surface area contributed by atoms with Crippen molar-refractivity contribution in [3.8, 4) is 0 Å². The zero-order valence-electron chi connectivity index (χ0n) is 20.6. The highest BCUT2D eigenvalue weighted by atomic mass is 16.5. The van der Waals surface area contributed by atoms with E-state index in [2.05, 4.69) is 108 Å². The minimum absolute atomic E-state index is 0.00840. The summed E-state index contributed by atoms with van der Waals surface area (Å²) in [6.07, 6.45) is 0. The Morgan fingerprint density at radius 1 is 0.459 bits per heavy atom. The quantitative estimate of drug-likeness (QED) is 0.323. The first-order valence-electron chi connectivity index (χ1n) is 12.8. The Bertz CT molecular complexity index is 1250. The Balaban J connectivity index is 1.15. The Morgan fingerprint density at radius 3 is 1.14 bits per heavy atom. The van der Waals surface area contributed by atoms with Crippen LogP contribution in [0.2, 0.25) is 0 Å². The SMILES string of the molecule is c1ccc(C2N=C(COCC3=NC(c4ccccc4)C(c4ccccc4)N3)NC2c2ccccc2)cc1. The molecule has 2 N–H and O–H groups in total. The van der Waals surface area contributed by atoms with Crippen LogP contribution in [-0.4, -0.2) is 24.9 Å². The van der Waals surface area contributed by atoms with Gasteiger partial charge in [0.15, 0.2) is 0 Å². The maximum Gasteiger partial charge on any atom is 0.124 e. The number of ether oxygens (including phenoxy) is 1. The average molecular weight is 487 g/mol. The number of nitrogens with one attached hydrogen (secondary N) is 2. The maximum absolute atomic E-state index is 6.15. The first-order valence-corrected chi connectivity index (χ1v) is 12.8. The lowest BCUT2D eigenvalue weighted by atomic mass is 9.95. The van der Waals surface area contributed by atoms with E-state index in [0.29, 0.717) is 13.2 Å². The van der Waals surface area contributed by atoms with Gasteiger partial charge < -0.3 is 15.4 Å². The van der Waals surface area contributed by atoms with Crippen molar-refractivity contribution >= 4 is 11.7 Å². The molecule has 0 saturated heterocycles. The van der Waals surface area contributed by atoms with Gasteiger partial charge >= 0.3 is 0 Å². The van der Waals surface area contributed by atoms with Gasteiger partial charge in [0, 0.05) is 0 Å². The van der Waals surface area contributed by atoms with Crippen LogP contribution in [0, 0.1) is 0 Å². The minimum Gasteiger partial charge on any atom is -0.366 e. The van der Waals surface area contributed by atoms with Gasteiger partial charge in [-0.1, -0.05) is 121 Å². The third-order valence-electron chi connectivity index (χ3n) is 6.94. The molecule has 0 spiro atoms. The third kappa shape index (κ3) is 5.18. The molecule has 0 saturated carbocycles. The van der Waals surface area contributed by atoms with E-state index >= 15 is 0 Å². The molecule has 4 aromatic rings. The number of nitrogens with zero attached hydrogens (tertiary/aromatic N) is 2. The van der Waals surface area contributed by atoms with Gasteiger partial charge in [0.2, 0.25) is 0 Å². The average Bonchev–Trinajstić information content (AvgIpc) is 3.60. The van der Waals surface area contributed by atoms with E-state index in [-0.39, 0.29) is 24.2 Å². The molecule has 37 heavy (non-hydrogen) atoms. The summed E-state index contributed by atoms with van der Waals surface area (Å²) in [4.78, 5) is 10.1. The fourth-order valence-electron chi connectivity index (χ4n) is 5.16. The van der Waals surface area contributed by atoms with E-state index in [0.717, 1.165) is 11.7 Å². The van der Waals surface area contributed by atoms with Gasteiger partial charge in [0.1, 0.15) is 37.0 Å². The molecule has 2 heterocycles. The molecule has 6 rings (SSSR count). The van der Waals surface area contributed by atoms with Crippen molar-refractivity contribution in [3.05, 3.63) is 144 Å². The summed E-state index contributed by atoms with van der Waals surface area (Å²) in [5, 5.41) is 7.23. The standard InChI is InChI=1S/C32H30N4O/c1-5-13-23(14-6-1)29-30(24-15-7-2-8-16-24)34-27(33-29)21-37-22-28-35-31(25-17-9-3-10-18-25)32(36-28)26-19-11-4-12-20-26/h1-20,29-32H,21-22H2,(H,33,34)(H,35,36). The second-order valence-electron chi connectivity index (χ2n) is 9.42. The van der Waals surface area contributed by atoms with Crippen molar-refractivity contribution in [3.63, 3.8) is 0 Å². The molecule has 0 radical (unpaired) electrons. The molecular formula is C32H30N4O. The second kappa shape index (κ2) is 10.8. The van der Waals surface area contributed by atoms with E-state index in [1.165, 1.54) is 22.3 Å². The fourth-order valence-corrected chi connectivity index (χ4v) is 5.16. The van der Waals surface area contributed by atoms with Gasteiger partial charge in [-0.25, -0.2) is 0 Å². The van der Waals surface area contributed by atoms with Crippen LogP contribution < -0.4 is 10.6 Å². The lowest BCUT2D eigenvalue weighted by molar-refractivity contribution is 0.210. The van der Waals surface area contributed by atoms with Crippen molar-refractivity contribution in [2.45, 2.75) is 24.2 Å². The third-order valence-corrected chi connectivity index (χ3v) is 6.94. The Morgan fingerprint density at radius 2 is 0.784 bits per heavy atom. The summed E-state index contributed by atoms with van der Waals surface area (Å²) < 4.78 is 6.15. The number of rotatable bonds is 8.